The van der Waals surface area contributed by atoms with Crippen LogP contribution >= 0.6 is 0 Å². The van der Waals surface area contributed by atoms with Crippen LogP contribution in [-0.4, -0.2) is 29.7 Å². The van der Waals surface area contributed by atoms with Gasteiger partial charge in [0.15, 0.2) is 0 Å². The number of hydroxylamine groups is 2. The molecule has 2 rings (SSSR count). The second kappa shape index (κ2) is 9.04. The Bertz CT molecular complexity index is 475. The highest BCUT2D eigenvalue weighted by molar-refractivity contribution is 5.71. The van der Waals surface area contributed by atoms with Crippen LogP contribution in [0.4, 0.5) is 0 Å². The molecule has 0 radical (unpaired) electrons. The number of benzene rings is 1. The first-order valence-electron chi connectivity index (χ1n) is 8.72. The molecular formula is C19H29NO3. The Balaban J connectivity index is 1.92. The van der Waals surface area contributed by atoms with E-state index in [1.165, 1.54) is 0 Å². The molecule has 0 bridgehead atoms. The summed E-state index contributed by atoms with van der Waals surface area (Å²) in [4.78, 5) is 17.3. The van der Waals surface area contributed by atoms with Gasteiger partial charge in [-0.2, -0.15) is 0 Å². The molecular weight excluding hydrogens is 290 g/mol. The fourth-order valence-electron chi connectivity index (χ4n) is 2.95. The Morgan fingerprint density at radius 2 is 2.04 bits per heavy atom. The van der Waals surface area contributed by atoms with Crippen molar-refractivity contribution in [3.63, 3.8) is 0 Å². The summed E-state index contributed by atoms with van der Waals surface area (Å²) in [5.74, 6) is 0.251. The van der Waals surface area contributed by atoms with Crippen LogP contribution in [0.5, 0.6) is 0 Å². The van der Waals surface area contributed by atoms with Crippen molar-refractivity contribution in [3.05, 3.63) is 35.9 Å². The number of carbonyl (C=O) groups is 1. The van der Waals surface area contributed by atoms with Crippen LogP contribution in [0, 0.1) is 5.92 Å². The zero-order valence-electron chi connectivity index (χ0n) is 14.5. The van der Waals surface area contributed by atoms with E-state index >= 15 is 0 Å². The molecule has 23 heavy (non-hydrogen) atoms. The van der Waals surface area contributed by atoms with E-state index in [2.05, 4.69) is 32.9 Å². The second-order valence-corrected chi connectivity index (χ2v) is 6.64. The van der Waals surface area contributed by atoms with Gasteiger partial charge in [-0.3, -0.25) is 4.79 Å². The van der Waals surface area contributed by atoms with Crippen molar-refractivity contribution in [2.45, 2.75) is 65.1 Å². The maximum absolute atomic E-state index is 11.7. The van der Waals surface area contributed by atoms with E-state index < -0.39 is 0 Å². The van der Waals surface area contributed by atoms with E-state index in [1.54, 1.807) is 0 Å². The molecule has 128 valence electrons. The molecule has 1 fully saturated rings. The first-order chi connectivity index (χ1) is 11.1. The lowest BCUT2D eigenvalue weighted by Crippen LogP contribution is -2.44. The zero-order chi connectivity index (χ0) is 16.7. The van der Waals surface area contributed by atoms with Gasteiger partial charge in [0.05, 0.1) is 31.7 Å². The Morgan fingerprint density at radius 1 is 1.30 bits per heavy atom. The minimum atomic E-state index is -0.111. The number of rotatable bonds is 9. The second-order valence-electron chi connectivity index (χ2n) is 6.64. The van der Waals surface area contributed by atoms with Crippen molar-refractivity contribution < 1.29 is 14.4 Å². The number of carbonyl (C=O) groups excluding carboxylic acids is 1. The number of hydrogen-bond donors (Lipinski definition) is 0. The van der Waals surface area contributed by atoms with E-state index in [9.17, 15) is 4.79 Å². The molecule has 2 atom stereocenters. The molecule has 1 aromatic rings. The van der Waals surface area contributed by atoms with Crippen LogP contribution in [0.1, 0.15) is 52.0 Å². The first-order valence-corrected chi connectivity index (χ1v) is 8.72. The molecule has 0 amide bonds. The summed E-state index contributed by atoms with van der Waals surface area (Å²) in [6.07, 6.45) is 3.76. The molecule has 4 heteroatoms. The number of nitrogens with zero attached hydrogens (tertiary/aromatic N) is 1. The minimum absolute atomic E-state index is 0.104. The van der Waals surface area contributed by atoms with Crippen molar-refractivity contribution in [3.8, 4) is 0 Å². The Morgan fingerprint density at radius 3 is 2.70 bits per heavy atom. The van der Waals surface area contributed by atoms with Crippen molar-refractivity contribution in [2.75, 3.05) is 6.61 Å². The molecule has 4 nitrogen and oxygen atoms in total. The van der Waals surface area contributed by atoms with Gasteiger partial charge in [0, 0.05) is 0 Å². The molecule has 1 aliphatic heterocycles. The summed E-state index contributed by atoms with van der Waals surface area (Å²) in [5.41, 5.74) is 1.16. The predicted molar refractivity (Wildman–Crippen MR) is 90.6 cm³/mol. The summed E-state index contributed by atoms with van der Waals surface area (Å²) in [7, 11) is 0. The third-order valence-electron chi connectivity index (χ3n) is 4.36. The van der Waals surface area contributed by atoms with Crippen molar-refractivity contribution in [2.24, 2.45) is 5.92 Å². The van der Waals surface area contributed by atoms with Crippen LogP contribution in [0.15, 0.2) is 30.3 Å². The highest BCUT2D eigenvalue weighted by atomic mass is 16.7. The van der Waals surface area contributed by atoms with Crippen LogP contribution in [0.2, 0.25) is 0 Å². The van der Waals surface area contributed by atoms with Gasteiger partial charge in [0.25, 0.3) is 0 Å². The van der Waals surface area contributed by atoms with Crippen LogP contribution < -0.4 is 0 Å². The van der Waals surface area contributed by atoms with Gasteiger partial charge in [0.1, 0.15) is 0 Å². The molecule has 0 aromatic heterocycles. The predicted octanol–water partition coefficient (Wildman–Crippen LogP) is 3.95. The van der Waals surface area contributed by atoms with Crippen molar-refractivity contribution in [1.82, 2.24) is 5.06 Å². The molecule has 0 spiro atoms. The molecule has 0 aliphatic carbocycles. The average molecular weight is 319 g/mol. The molecule has 1 saturated heterocycles. The van der Waals surface area contributed by atoms with Gasteiger partial charge >= 0.3 is 5.97 Å². The summed E-state index contributed by atoms with van der Waals surface area (Å²) in [6.45, 7) is 7.64. The largest absolute Gasteiger partial charge is 0.375 e. The van der Waals surface area contributed by atoms with Gasteiger partial charge in [-0.25, -0.2) is 0 Å². The lowest BCUT2D eigenvalue weighted by molar-refractivity contribution is -0.198. The first kappa shape index (κ1) is 18.0. The Labute approximate surface area is 139 Å². The van der Waals surface area contributed by atoms with E-state index in [1.807, 2.05) is 23.3 Å². The van der Waals surface area contributed by atoms with E-state index in [0.29, 0.717) is 25.6 Å². The van der Waals surface area contributed by atoms with E-state index in [4.69, 9.17) is 9.57 Å². The van der Waals surface area contributed by atoms with Gasteiger partial charge in [-0.1, -0.05) is 63.9 Å². The Kier molecular flexibility index (Phi) is 7.06. The quantitative estimate of drug-likeness (QED) is 0.691. The third kappa shape index (κ3) is 5.33. The van der Waals surface area contributed by atoms with Crippen LogP contribution in [-0.2, 0) is 21.0 Å². The van der Waals surface area contributed by atoms with Crippen molar-refractivity contribution >= 4 is 5.97 Å². The van der Waals surface area contributed by atoms with E-state index in [0.717, 1.165) is 24.8 Å². The van der Waals surface area contributed by atoms with Crippen LogP contribution in [0.3, 0.4) is 0 Å². The standard InChI is InChI=1S/C19H29NO3/c1-4-5-11-17-12-19(21)23-20(17)18(15(2)3)14-22-13-16-9-7-6-8-10-16/h6-10,15,17-18H,4-5,11-14H2,1-3H3/t17-,18-/m1/s1. The average Bonchev–Trinajstić information content (AvgIpc) is 2.90. The summed E-state index contributed by atoms with van der Waals surface area (Å²) in [5, 5.41) is 1.91. The highest BCUT2D eigenvalue weighted by Gasteiger charge is 2.38. The summed E-state index contributed by atoms with van der Waals surface area (Å²) < 4.78 is 5.91. The monoisotopic (exact) mass is 319 g/mol. The maximum atomic E-state index is 11.7. The molecule has 1 aromatic carbocycles. The number of unbranched alkanes of at least 4 members (excludes halogenated alkanes) is 1. The van der Waals surface area contributed by atoms with Gasteiger partial charge in [-0.15, -0.1) is 5.06 Å². The lowest BCUT2D eigenvalue weighted by atomic mass is 10.0. The highest BCUT2D eigenvalue weighted by Crippen LogP contribution is 2.27. The van der Waals surface area contributed by atoms with Gasteiger partial charge < -0.3 is 9.57 Å². The molecule has 1 aliphatic rings. The SMILES string of the molecule is CCCC[C@@H]1CC(=O)ON1[C@H](COCc1ccccc1)C(C)C. The molecule has 0 unspecified atom stereocenters. The topological polar surface area (TPSA) is 38.8 Å². The molecule has 0 saturated carbocycles. The van der Waals surface area contributed by atoms with Crippen LogP contribution in [0.25, 0.3) is 0 Å². The zero-order valence-corrected chi connectivity index (χ0v) is 14.5. The number of ether oxygens (including phenoxy) is 1. The smallest absolute Gasteiger partial charge is 0.326 e. The van der Waals surface area contributed by atoms with Gasteiger partial charge in [0.2, 0.25) is 0 Å². The fourth-order valence-corrected chi connectivity index (χ4v) is 2.95. The summed E-state index contributed by atoms with van der Waals surface area (Å²) >= 11 is 0. The fraction of sp³-hybridized carbons (Fsp3) is 0.632. The molecule has 1 heterocycles. The maximum Gasteiger partial charge on any atom is 0.326 e. The van der Waals surface area contributed by atoms with E-state index in [-0.39, 0.29) is 18.1 Å². The lowest BCUT2D eigenvalue weighted by Gasteiger charge is -2.32. The third-order valence-corrected chi connectivity index (χ3v) is 4.36. The number of hydrogen-bond acceptors (Lipinski definition) is 4. The van der Waals surface area contributed by atoms with Crippen molar-refractivity contribution in [1.29, 1.82) is 0 Å². The summed E-state index contributed by atoms with van der Waals surface area (Å²) in [6, 6.07) is 10.4. The molecule has 0 N–H and O–H groups in total. The van der Waals surface area contributed by atoms with Gasteiger partial charge in [-0.05, 0) is 17.9 Å². The normalized spacial score (nSPS) is 20.0. The Hall–Kier alpha value is -1.39. The minimum Gasteiger partial charge on any atom is -0.375 e.